The number of nitrogens with one attached hydrogen (secondary N) is 1. The zero-order valence-corrected chi connectivity index (χ0v) is 12.4. The summed E-state index contributed by atoms with van der Waals surface area (Å²) in [6, 6.07) is 4.92. The quantitative estimate of drug-likeness (QED) is 0.870. The van der Waals surface area contributed by atoms with Gasteiger partial charge in [-0.05, 0) is 25.2 Å². The maximum atomic E-state index is 12.1. The van der Waals surface area contributed by atoms with E-state index in [1.165, 1.54) is 7.11 Å². The number of carbonyl (C=O) groups is 1. The number of halogens is 1. The molecule has 0 atom stereocenters. The molecular weight excluding hydrogens is 278 g/mol. The number of piperidine rings is 1. The van der Waals surface area contributed by atoms with Gasteiger partial charge in [0.1, 0.15) is 5.75 Å². The zero-order chi connectivity index (χ0) is 14.5. The minimum Gasteiger partial charge on any atom is -0.496 e. The first-order valence-corrected chi connectivity index (χ1v) is 6.86. The molecule has 0 radical (unpaired) electrons. The summed E-state index contributed by atoms with van der Waals surface area (Å²) in [6.45, 7) is 1.93. The van der Waals surface area contributed by atoms with Crippen LogP contribution in [0.3, 0.4) is 0 Å². The van der Waals surface area contributed by atoms with E-state index in [4.69, 9.17) is 16.3 Å². The van der Waals surface area contributed by atoms with Gasteiger partial charge in [0, 0.05) is 36.7 Å². The number of carbonyl (C=O) groups excluding carboxylic acids is 1. The van der Waals surface area contributed by atoms with Crippen molar-refractivity contribution in [1.29, 1.82) is 0 Å². The molecule has 6 heteroatoms. The topological polar surface area (TPSA) is 53.9 Å². The van der Waals surface area contributed by atoms with Gasteiger partial charge in [-0.25, -0.2) is 5.43 Å². The summed E-state index contributed by atoms with van der Waals surface area (Å²) in [6.07, 6.45) is 1.76. The van der Waals surface area contributed by atoms with Gasteiger partial charge in [0.15, 0.2) is 0 Å². The predicted molar refractivity (Wildman–Crippen MR) is 79.6 cm³/mol. The fourth-order valence-corrected chi connectivity index (χ4v) is 2.21. The number of benzene rings is 1. The lowest BCUT2D eigenvalue weighted by Crippen LogP contribution is -2.32. The highest BCUT2D eigenvalue weighted by atomic mass is 35.5. The molecule has 20 heavy (non-hydrogen) atoms. The smallest absolute Gasteiger partial charge is 0.275 e. The highest BCUT2D eigenvalue weighted by Gasteiger charge is 2.14. The fourth-order valence-electron chi connectivity index (χ4n) is 2.04. The molecule has 0 aliphatic carbocycles. The molecular formula is C14H18ClN3O2. The Hall–Kier alpha value is -1.59. The molecule has 2 rings (SSSR count). The van der Waals surface area contributed by atoms with Crippen LogP contribution in [0.1, 0.15) is 23.2 Å². The Morgan fingerprint density at radius 1 is 1.40 bits per heavy atom. The minimum absolute atomic E-state index is 0.309. The van der Waals surface area contributed by atoms with Gasteiger partial charge in [0.2, 0.25) is 0 Å². The standard InChI is InChI=1S/C14H18ClN3O2/c1-18-7-5-11(6-8-18)16-17-14(19)12-9-10(15)3-4-13(12)20-2/h3-4,9H,5-8H2,1-2H3,(H,17,19). The van der Waals surface area contributed by atoms with Crippen LogP contribution in [0.15, 0.2) is 23.3 Å². The molecule has 1 aliphatic heterocycles. The van der Waals surface area contributed by atoms with Crippen LogP contribution in [0.5, 0.6) is 5.75 Å². The number of likely N-dealkylation sites (tertiary alicyclic amines) is 1. The van der Waals surface area contributed by atoms with Crippen molar-refractivity contribution in [1.82, 2.24) is 10.3 Å². The van der Waals surface area contributed by atoms with E-state index in [0.717, 1.165) is 31.6 Å². The van der Waals surface area contributed by atoms with Crippen LogP contribution in [0.25, 0.3) is 0 Å². The predicted octanol–water partition coefficient (Wildman–Crippen LogP) is 2.16. The SMILES string of the molecule is COc1ccc(Cl)cc1C(=O)NN=C1CCN(C)CC1. The van der Waals surface area contributed by atoms with Gasteiger partial charge in [-0.2, -0.15) is 5.10 Å². The average molecular weight is 296 g/mol. The number of hydrogen-bond donors (Lipinski definition) is 1. The van der Waals surface area contributed by atoms with Crippen molar-refractivity contribution in [3.63, 3.8) is 0 Å². The Bertz CT molecular complexity index is 521. The molecule has 1 saturated heterocycles. The van der Waals surface area contributed by atoms with Gasteiger partial charge in [-0.15, -0.1) is 0 Å². The van der Waals surface area contributed by atoms with Gasteiger partial charge in [0.25, 0.3) is 5.91 Å². The van der Waals surface area contributed by atoms with Crippen molar-refractivity contribution < 1.29 is 9.53 Å². The third kappa shape index (κ3) is 3.71. The van der Waals surface area contributed by atoms with Crippen LogP contribution >= 0.6 is 11.6 Å². The molecule has 5 nitrogen and oxygen atoms in total. The monoisotopic (exact) mass is 295 g/mol. The molecule has 1 aromatic carbocycles. The Balaban J connectivity index is 2.05. The van der Waals surface area contributed by atoms with E-state index in [1.807, 2.05) is 0 Å². The van der Waals surface area contributed by atoms with Crippen LogP contribution in [-0.2, 0) is 0 Å². The molecule has 0 spiro atoms. The maximum Gasteiger partial charge on any atom is 0.275 e. The molecule has 0 saturated carbocycles. The van der Waals surface area contributed by atoms with Crippen molar-refractivity contribution in [2.45, 2.75) is 12.8 Å². The summed E-state index contributed by atoms with van der Waals surface area (Å²) in [5.41, 5.74) is 3.98. The van der Waals surface area contributed by atoms with Crippen molar-refractivity contribution in [2.24, 2.45) is 5.10 Å². The number of hydrogen-bond acceptors (Lipinski definition) is 4. The van der Waals surface area contributed by atoms with Gasteiger partial charge >= 0.3 is 0 Å². The Kier molecular flexibility index (Phi) is 4.98. The number of nitrogens with zero attached hydrogens (tertiary/aromatic N) is 2. The molecule has 1 aromatic rings. The van der Waals surface area contributed by atoms with E-state index in [-0.39, 0.29) is 5.91 Å². The second-order valence-electron chi connectivity index (χ2n) is 4.77. The number of amides is 1. The summed E-state index contributed by atoms with van der Waals surface area (Å²) in [4.78, 5) is 14.4. The summed E-state index contributed by atoms with van der Waals surface area (Å²) < 4.78 is 5.15. The first-order valence-electron chi connectivity index (χ1n) is 6.48. The number of ether oxygens (including phenoxy) is 1. The zero-order valence-electron chi connectivity index (χ0n) is 11.6. The third-order valence-electron chi connectivity index (χ3n) is 3.29. The Morgan fingerprint density at radius 2 is 2.10 bits per heavy atom. The van der Waals surface area contributed by atoms with E-state index in [2.05, 4.69) is 22.5 Å². The first kappa shape index (κ1) is 14.8. The third-order valence-corrected chi connectivity index (χ3v) is 3.52. The molecule has 1 heterocycles. The largest absolute Gasteiger partial charge is 0.496 e. The minimum atomic E-state index is -0.309. The summed E-state index contributed by atoms with van der Waals surface area (Å²) in [7, 11) is 3.59. The van der Waals surface area contributed by atoms with Crippen LogP contribution in [0.2, 0.25) is 5.02 Å². The van der Waals surface area contributed by atoms with Gasteiger partial charge < -0.3 is 9.64 Å². The molecule has 1 fully saturated rings. The molecule has 0 bridgehead atoms. The van der Waals surface area contributed by atoms with Gasteiger partial charge in [0.05, 0.1) is 12.7 Å². The normalized spacial score (nSPS) is 15.8. The van der Waals surface area contributed by atoms with Crippen LogP contribution in [0.4, 0.5) is 0 Å². The maximum absolute atomic E-state index is 12.1. The first-order chi connectivity index (χ1) is 9.60. The summed E-state index contributed by atoms with van der Waals surface area (Å²) >= 11 is 5.91. The van der Waals surface area contributed by atoms with Crippen molar-refractivity contribution in [3.05, 3.63) is 28.8 Å². The molecule has 1 amide bonds. The number of methoxy groups -OCH3 is 1. The van der Waals surface area contributed by atoms with E-state index < -0.39 is 0 Å². The summed E-state index contributed by atoms with van der Waals surface area (Å²) in [5.74, 6) is 0.172. The average Bonchev–Trinajstić information content (AvgIpc) is 2.46. The van der Waals surface area contributed by atoms with Gasteiger partial charge in [-0.1, -0.05) is 11.6 Å². The lowest BCUT2D eigenvalue weighted by atomic mass is 10.1. The summed E-state index contributed by atoms with van der Waals surface area (Å²) in [5, 5.41) is 4.68. The number of hydrazone groups is 1. The van der Waals surface area contributed by atoms with Crippen LogP contribution in [-0.4, -0.2) is 43.8 Å². The fraction of sp³-hybridized carbons (Fsp3) is 0.429. The lowest BCUT2D eigenvalue weighted by molar-refractivity contribution is 0.0951. The second-order valence-corrected chi connectivity index (χ2v) is 5.20. The Morgan fingerprint density at radius 3 is 2.75 bits per heavy atom. The molecule has 0 unspecified atom stereocenters. The lowest BCUT2D eigenvalue weighted by Gasteiger charge is -2.22. The Labute approximate surface area is 123 Å². The number of rotatable bonds is 3. The van der Waals surface area contributed by atoms with E-state index in [1.54, 1.807) is 18.2 Å². The molecule has 0 aromatic heterocycles. The molecule has 1 N–H and O–H groups in total. The van der Waals surface area contributed by atoms with Crippen molar-refractivity contribution in [3.8, 4) is 5.75 Å². The van der Waals surface area contributed by atoms with E-state index in [9.17, 15) is 4.79 Å². The van der Waals surface area contributed by atoms with Crippen LogP contribution < -0.4 is 10.2 Å². The van der Waals surface area contributed by atoms with E-state index >= 15 is 0 Å². The highest BCUT2D eigenvalue weighted by molar-refractivity contribution is 6.31. The molecule has 1 aliphatic rings. The van der Waals surface area contributed by atoms with Crippen molar-refractivity contribution >= 4 is 23.2 Å². The molecule has 108 valence electrons. The van der Waals surface area contributed by atoms with E-state index in [0.29, 0.717) is 16.3 Å². The van der Waals surface area contributed by atoms with Gasteiger partial charge in [-0.3, -0.25) is 4.79 Å². The second kappa shape index (κ2) is 6.72. The van der Waals surface area contributed by atoms with Crippen LogP contribution in [0, 0.1) is 0 Å². The highest BCUT2D eigenvalue weighted by Crippen LogP contribution is 2.22. The van der Waals surface area contributed by atoms with Crippen molar-refractivity contribution in [2.75, 3.05) is 27.2 Å².